The van der Waals surface area contributed by atoms with Crippen LogP contribution in [0.2, 0.25) is 5.02 Å². The fourth-order valence-corrected chi connectivity index (χ4v) is 7.07. The first-order valence-corrected chi connectivity index (χ1v) is 18.1. The number of hydrogen-bond donors (Lipinski definition) is 1. The number of rotatable bonds is 11. The summed E-state index contributed by atoms with van der Waals surface area (Å²) in [4.78, 5) is 34.4. The van der Waals surface area contributed by atoms with Crippen molar-refractivity contribution >= 4 is 45.9 Å². The largest absolute Gasteiger partial charge is 0.497 e. The summed E-state index contributed by atoms with van der Waals surface area (Å²) >= 11 is 7.10. The molecule has 1 amide bonds. The predicted octanol–water partition coefficient (Wildman–Crippen LogP) is 8.80. The van der Waals surface area contributed by atoms with Crippen LogP contribution in [0.1, 0.15) is 27.8 Å². The molecule has 0 aliphatic carbocycles. The van der Waals surface area contributed by atoms with Crippen LogP contribution < -0.4 is 28.9 Å². The molecule has 3 aromatic carbocycles. The normalized spacial score (nSPS) is 12.5. The SMILES string of the molecule is COc1ccc(CN(Cc2ccc(OC)cc2)c2cc(C)c(C(F)(F)F)c(-c3cc4ncnc5c4c(c3Cl)OCCN5Cc3cncc(N(C)C(=O)O)c3)n2)cc1. The summed E-state index contributed by atoms with van der Waals surface area (Å²) in [6.07, 6.45) is -1.54. The average molecular weight is 800 g/mol. The average Bonchev–Trinajstić information content (AvgIpc) is 3.38. The zero-order chi connectivity index (χ0) is 40.4. The standard InChI is InChI=1S/C41H37ClF3N7O5/c1-24-15-33(52(20-25-5-9-29(55-3)10-6-25)21-26-7-11-30(56-4)12-8-26)49-37(35(24)41(43,44)45)31-17-32-34-38(36(31)42)57-14-13-51(39(34)48-23-47-32)22-27-16-28(19-46-18-27)50(2)40(53)54/h5-12,15-19,23H,13-14,20-22H2,1-4H3,(H,53,54). The Morgan fingerprint density at radius 1 is 0.947 bits per heavy atom. The van der Waals surface area contributed by atoms with Crippen LogP contribution in [-0.2, 0) is 25.8 Å². The molecule has 6 aromatic rings. The second kappa shape index (κ2) is 16.0. The van der Waals surface area contributed by atoms with Gasteiger partial charge in [-0.05, 0) is 71.6 Å². The second-order valence-electron chi connectivity index (χ2n) is 13.4. The van der Waals surface area contributed by atoms with Gasteiger partial charge >= 0.3 is 12.3 Å². The molecular formula is C41H37ClF3N7O5. The number of amides is 1. The minimum atomic E-state index is -4.79. The lowest BCUT2D eigenvalue weighted by Gasteiger charge is -2.27. The summed E-state index contributed by atoms with van der Waals surface area (Å²) in [6, 6.07) is 19.5. The van der Waals surface area contributed by atoms with E-state index in [1.165, 1.54) is 38.6 Å². The number of benzene rings is 3. The molecule has 0 saturated heterocycles. The number of carboxylic acid groups (broad SMARTS) is 1. The van der Waals surface area contributed by atoms with Crippen LogP contribution >= 0.6 is 11.6 Å². The first-order valence-electron chi connectivity index (χ1n) is 17.7. The van der Waals surface area contributed by atoms with E-state index < -0.39 is 17.8 Å². The van der Waals surface area contributed by atoms with E-state index in [1.807, 2.05) is 58.3 Å². The van der Waals surface area contributed by atoms with Gasteiger partial charge in [0.15, 0.2) is 5.75 Å². The molecule has 0 bridgehead atoms. The molecule has 1 aliphatic heterocycles. The number of hydrogen-bond acceptors (Lipinski definition) is 10. The van der Waals surface area contributed by atoms with Crippen molar-refractivity contribution < 1.29 is 37.3 Å². The lowest BCUT2D eigenvalue weighted by molar-refractivity contribution is -0.137. The summed E-state index contributed by atoms with van der Waals surface area (Å²) in [6.45, 7) is 2.72. The van der Waals surface area contributed by atoms with E-state index in [0.717, 1.165) is 16.0 Å². The van der Waals surface area contributed by atoms with Crippen molar-refractivity contribution in [3.63, 3.8) is 0 Å². The van der Waals surface area contributed by atoms with Gasteiger partial charge in [-0.1, -0.05) is 35.9 Å². The predicted molar refractivity (Wildman–Crippen MR) is 211 cm³/mol. The van der Waals surface area contributed by atoms with Gasteiger partial charge in [0.1, 0.15) is 36.1 Å². The maximum atomic E-state index is 15.1. The Balaban J connectivity index is 1.34. The van der Waals surface area contributed by atoms with Crippen LogP contribution in [0.4, 0.5) is 35.3 Å². The second-order valence-corrected chi connectivity index (χ2v) is 13.8. The number of anilines is 3. The lowest BCUT2D eigenvalue weighted by atomic mass is 9.98. The summed E-state index contributed by atoms with van der Waals surface area (Å²) in [5.41, 5.74) is 1.78. The van der Waals surface area contributed by atoms with Crippen LogP contribution in [0.3, 0.4) is 0 Å². The van der Waals surface area contributed by atoms with Gasteiger partial charge < -0.3 is 29.1 Å². The highest BCUT2D eigenvalue weighted by atomic mass is 35.5. The summed E-state index contributed by atoms with van der Waals surface area (Å²) in [7, 11) is 4.57. The smallest absolute Gasteiger partial charge is 0.418 e. The lowest BCUT2D eigenvalue weighted by Crippen LogP contribution is -2.28. The molecule has 0 fully saturated rings. The number of aryl methyl sites for hydroxylation is 1. The van der Waals surface area contributed by atoms with Crippen molar-refractivity contribution in [2.45, 2.75) is 32.7 Å². The number of nitrogens with zero attached hydrogens (tertiary/aromatic N) is 7. The Morgan fingerprint density at radius 2 is 1.60 bits per heavy atom. The molecule has 1 N–H and O–H groups in total. The summed E-state index contributed by atoms with van der Waals surface area (Å²) in [5.74, 6) is 2.21. The van der Waals surface area contributed by atoms with Gasteiger partial charge in [-0.2, -0.15) is 13.2 Å². The Kier molecular flexibility index (Phi) is 10.9. The third kappa shape index (κ3) is 8.14. The van der Waals surface area contributed by atoms with Crippen LogP contribution in [0.15, 0.2) is 85.5 Å². The van der Waals surface area contributed by atoms with Gasteiger partial charge in [-0.25, -0.2) is 19.7 Å². The first kappa shape index (κ1) is 38.9. The summed E-state index contributed by atoms with van der Waals surface area (Å²) in [5, 5.41) is 9.81. The molecule has 4 heterocycles. The highest BCUT2D eigenvalue weighted by Gasteiger charge is 2.39. The fourth-order valence-electron chi connectivity index (χ4n) is 6.78. The number of ether oxygens (including phenoxy) is 3. The maximum Gasteiger partial charge on any atom is 0.418 e. The van der Waals surface area contributed by atoms with Gasteiger partial charge in [0.2, 0.25) is 0 Å². The molecule has 1 aliphatic rings. The minimum Gasteiger partial charge on any atom is -0.497 e. The van der Waals surface area contributed by atoms with Crippen LogP contribution in [0, 0.1) is 6.92 Å². The number of pyridine rings is 2. The fraction of sp³-hybridized carbons (Fsp3) is 0.244. The quantitative estimate of drug-likeness (QED) is 0.135. The van der Waals surface area contributed by atoms with Gasteiger partial charge in [-0.3, -0.25) is 9.88 Å². The first-order chi connectivity index (χ1) is 27.3. The number of carbonyl (C=O) groups is 1. The topological polar surface area (TPSA) is 126 Å². The third-order valence-corrected chi connectivity index (χ3v) is 10.0. The molecule has 294 valence electrons. The zero-order valence-electron chi connectivity index (χ0n) is 31.3. The highest BCUT2D eigenvalue weighted by molar-refractivity contribution is 6.36. The molecule has 0 saturated carbocycles. The molecule has 0 unspecified atom stereocenters. The number of aromatic nitrogens is 4. The van der Waals surface area contributed by atoms with Gasteiger partial charge in [0, 0.05) is 38.4 Å². The van der Waals surface area contributed by atoms with Crippen molar-refractivity contribution in [3.05, 3.63) is 118 Å². The van der Waals surface area contributed by atoms with Gasteiger partial charge in [0.05, 0.1) is 59.8 Å². The van der Waals surface area contributed by atoms with Crippen LogP contribution in [0.25, 0.3) is 22.2 Å². The van der Waals surface area contributed by atoms with E-state index in [4.69, 9.17) is 30.8 Å². The molecule has 0 radical (unpaired) electrons. The molecule has 3 aromatic heterocycles. The molecular weight excluding hydrogens is 763 g/mol. The monoisotopic (exact) mass is 799 g/mol. The Morgan fingerprint density at radius 3 is 2.19 bits per heavy atom. The molecule has 16 heteroatoms. The van der Waals surface area contributed by atoms with Crippen molar-refractivity contribution in [3.8, 4) is 28.5 Å². The van der Waals surface area contributed by atoms with Crippen molar-refractivity contribution in [1.29, 1.82) is 0 Å². The van der Waals surface area contributed by atoms with E-state index in [9.17, 15) is 9.90 Å². The minimum absolute atomic E-state index is 0.00278. The van der Waals surface area contributed by atoms with Crippen LogP contribution in [0.5, 0.6) is 17.2 Å². The Bertz CT molecular complexity index is 2390. The van der Waals surface area contributed by atoms with Crippen LogP contribution in [-0.4, -0.2) is 65.6 Å². The van der Waals surface area contributed by atoms with Crippen molar-refractivity contribution in [2.24, 2.45) is 0 Å². The van der Waals surface area contributed by atoms with E-state index in [2.05, 4.69) is 15.0 Å². The van der Waals surface area contributed by atoms with E-state index in [1.54, 1.807) is 26.5 Å². The van der Waals surface area contributed by atoms with Crippen molar-refractivity contribution in [1.82, 2.24) is 19.9 Å². The number of halogens is 4. The molecule has 7 rings (SSSR count). The number of methoxy groups -OCH3 is 2. The third-order valence-electron chi connectivity index (χ3n) is 9.67. The summed E-state index contributed by atoms with van der Waals surface area (Å²) < 4.78 is 62.1. The van der Waals surface area contributed by atoms with E-state index in [0.29, 0.717) is 64.9 Å². The molecule has 57 heavy (non-hydrogen) atoms. The molecule has 0 atom stereocenters. The zero-order valence-corrected chi connectivity index (χ0v) is 32.1. The van der Waals surface area contributed by atoms with Crippen molar-refractivity contribution in [2.75, 3.05) is 49.1 Å². The van der Waals surface area contributed by atoms with Gasteiger partial charge in [-0.15, -0.1) is 0 Å². The highest BCUT2D eigenvalue weighted by Crippen LogP contribution is 2.48. The van der Waals surface area contributed by atoms with E-state index >= 15 is 13.2 Å². The molecule has 12 nitrogen and oxygen atoms in total. The van der Waals surface area contributed by atoms with E-state index in [-0.39, 0.29) is 40.7 Å². The van der Waals surface area contributed by atoms with Gasteiger partial charge in [0.25, 0.3) is 0 Å². The Hall–Kier alpha value is -6.35. The molecule has 0 spiro atoms. The Labute approximate surface area is 331 Å². The maximum absolute atomic E-state index is 15.1. The number of alkyl halides is 3.